The largest absolute Gasteiger partial charge is 0.325 e. The van der Waals surface area contributed by atoms with Crippen LogP contribution >= 0.6 is 27.7 Å². The minimum Gasteiger partial charge on any atom is -0.325 e. The third kappa shape index (κ3) is 8.94. The molecule has 0 saturated heterocycles. The standard InChI is InChI=1S/C22H36BrNOS/c1-17(2)19-12-11-13-20(18(3)4)22(19)24-21(25)16-26-15-10-8-6-5-7-9-14-23/h11-13,17-18H,5-10,14-16H2,1-4H3,(H,24,25). The highest BCUT2D eigenvalue weighted by Crippen LogP contribution is 2.32. The van der Waals surface area contributed by atoms with Crippen LogP contribution in [0.15, 0.2) is 18.2 Å². The van der Waals surface area contributed by atoms with E-state index in [4.69, 9.17) is 0 Å². The fourth-order valence-electron chi connectivity index (χ4n) is 3.04. The van der Waals surface area contributed by atoms with Crippen LogP contribution in [0.3, 0.4) is 0 Å². The average Bonchev–Trinajstić information content (AvgIpc) is 2.60. The maximum Gasteiger partial charge on any atom is 0.234 e. The number of nitrogens with one attached hydrogen (secondary N) is 1. The second-order valence-electron chi connectivity index (χ2n) is 7.53. The van der Waals surface area contributed by atoms with Crippen LogP contribution in [0.5, 0.6) is 0 Å². The number of carbonyl (C=O) groups is 1. The first-order valence-electron chi connectivity index (χ1n) is 10.0. The van der Waals surface area contributed by atoms with E-state index >= 15 is 0 Å². The number of amides is 1. The molecule has 0 spiro atoms. The molecule has 0 heterocycles. The van der Waals surface area contributed by atoms with Crippen molar-refractivity contribution >= 4 is 39.3 Å². The smallest absolute Gasteiger partial charge is 0.234 e. The first-order chi connectivity index (χ1) is 12.5. The molecule has 0 aliphatic rings. The zero-order valence-corrected chi connectivity index (χ0v) is 19.3. The molecule has 0 aliphatic heterocycles. The summed E-state index contributed by atoms with van der Waals surface area (Å²) in [7, 11) is 0. The Morgan fingerprint density at radius 2 is 1.50 bits per heavy atom. The van der Waals surface area contributed by atoms with E-state index in [1.54, 1.807) is 11.8 Å². The van der Waals surface area contributed by atoms with Crippen LogP contribution in [0.1, 0.15) is 89.2 Å². The lowest BCUT2D eigenvalue weighted by atomic mass is 9.92. The number of thioether (sulfide) groups is 1. The molecule has 2 nitrogen and oxygen atoms in total. The van der Waals surface area contributed by atoms with Crippen LogP contribution in [0.25, 0.3) is 0 Å². The third-order valence-corrected chi connectivity index (χ3v) is 6.15. The molecule has 1 aromatic carbocycles. The van der Waals surface area contributed by atoms with E-state index in [0.29, 0.717) is 17.6 Å². The minimum atomic E-state index is 0.127. The molecule has 1 N–H and O–H groups in total. The predicted octanol–water partition coefficient (Wildman–Crippen LogP) is 7.34. The topological polar surface area (TPSA) is 29.1 Å². The van der Waals surface area contributed by atoms with Crippen molar-refractivity contribution in [3.8, 4) is 0 Å². The number of carbonyl (C=O) groups excluding carboxylic acids is 1. The Bertz CT molecular complexity index is 505. The maximum absolute atomic E-state index is 12.4. The van der Waals surface area contributed by atoms with Crippen LogP contribution in [0, 0.1) is 0 Å². The molecular weight excluding hydrogens is 406 g/mol. The predicted molar refractivity (Wildman–Crippen MR) is 122 cm³/mol. The fraction of sp³-hybridized carbons (Fsp3) is 0.682. The Labute approximate surface area is 173 Å². The number of anilines is 1. The lowest BCUT2D eigenvalue weighted by Gasteiger charge is -2.20. The fourth-order valence-corrected chi connectivity index (χ4v) is 4.25. The summed E-state index contributed by atoms with van der Waals surface area (Å²) in [6.45, 7) is 8.73. The number of para-hydroxylation sites is 1. The summed E-state index contributed by atoms with van der Waals surface area (Å²) in [5.41, 5.74) is 3.51. The van der Waals surface area contributed by atoms with Crippen molar-refractivity contribution in [3.05, 3.63) is 29.3 Å². The second kappa shape index (κ2) is 13.7. The monoisotopic (exact) mass is 441 g/mol. The van der Waals surface area contributed by atoms with Gasteiger partial charge in [0.15, 0.2) is 0 Å². The molecule has 0 unspecified atom stereocenters. The van der Waals surface area contributed by atoms with Gasteiger partial charge in [-0.2, -0.15) is 11.8 Å². The average molecular weight is 443 g/mol. The quantitative estimate of drug-likeness (QED) is 0.256. The first-order valence-corrected chi connectivity index (χ1v) is 12.3. The molecule has 0 aromatic heterocycles. The van der Waals surface area contributed by atoms with Crippen molar-refractivity contribution < 1.29 is 4.79 Å². The molecular formula is C22H36BrNOS. The molecule has 0 saturated carbocycles. The van der Waals surface area contributed by atoms with Gasteiger partial charge in [-0.15, -0.1) is 0 Å². The van der Waals surface area contributed by atoms with Crippen LogP contribution in [-0.4, -0.2) is 22.7 Å². The number of benzene rings is 1. The third-order valence-electron chi connectivity index (χ3n) is 4.54. The number of unbranched alkanes of at least 4 members (excludes halogenated alkanes) is 5. The molecule has 26 heavy (non-hydrogen) atoms. The zero-order chi connectivity index (χ0) is 19.4. The molecule has 0 fully saturated rings. The van der Waals surface area contributed by atoms with Crippen LogP contribution < -0.4 is 5.32 Å². The summed E-state index contributed by atoms with van der Waals surface area (Å²) in [6.07, 6.45) is 7.76. The number of halogens is 1. The van der Waals surface area contributed by atoms with Gasteiger partial charge in [-0.3, -0.25) is 4.79 Å². The molecule has 1 aromatic rings. The number of hydrogen-bond donors (Lipinski definition) is 1. The van der Waals surface area contributed by atoms with Gasteiger partial charge in [0, 0.05) is 11.0 Å². The summed E-state index contributed by atoms with van der Waals surface area (Å²) in [6, 6.07) is 6.37. The molecule has 0 radical (unpaired) electrons. The normalized spacial score (nSPS) is 11.3. The first kappa shape index (κ1) is 23.6. The van der Waals surface area contributed by atoms with Crippen molar-refractivity contribution in [2.75, 3.05) is 22.2 Å². The zero-order valence-electron chi connectivity index (χ0n) is 16.9. The lowest BCUT2D eigenvalue weighted by molar-refractivity contribution is -0.113. The SMILES string of the molecule is CC(C)c1cccc(C(C)C)c1NC(=O)CSCCCCCCCCBr. The summed E-state index contributed by atoms with van der Waals surface area (Å²) in [5.74, 6) is 2.56. The highest BCUT2D eigenvalue weighted by Gasteiger charge is 2.15. The molecule has 148 valence electrons. The van der Waals surface area contributed by atoms with Crippen LogP contribution in [0.4, 0.5) is 5.69 Å². The molecule has 0 bridgehead atoms. The highest BCUT2D eigenvalue weighted by atomic mass is 79.9. The number of hydrogen-bond acceptors (Lipinski definition) is 2. The second-order valence-corrected chi connectivity index (χ2v) is 9.43. The van der Waals surface area contributed by atoms with Crippen LogP contribution in [-0.2, 0) is 4.79 Å². The Balaban J connectivity index is 2.39. The van der Waals surface area contributed by atoms with E-state index in [0.717, 1.165) is 16.8 Å². The van der Waals surface area contributed by atoms with E-state index in [2.05, 4.69) is 67.1 Å². The summed E-state index contributed by atoms with van der Waals surface area (Å²) in [5, 5.41) is 4.32. The van der Waals surface area contributed by atoms with Gasteiger partial charge in [-0.1, -0.05) is 87.5 Å². The van der Waals surface area contributed by atoms with Crippen molar-refractivity contribution in [1.82, 2.24) is 0 Å². The molecule has 4 heteroatoms. The Hall–Kier alpha value is -0.480. The maximum atomic E-state index is 12.4. The van der Waals surface area contributed by atoms with Crippen molar-refractivity contribution in [2.24, 2.45) is 0 Å². The minimum absolute atomic E-state index is 0.127. The van der Waals surface area contributed by atoms with Crippen LogP contribution in [0.2, 0.25) is 0 Å². The van der Waals surface area contributed by atoms with Gasteiger partial charge >= 0.3 is 0 Å². The number of alkyl halides is 1. The van der Waals surface area contributed by atoms with E-state index in [9.17, 15) is 4.79 Å². The highest BCUT2D eigenvalue weighted by molar-refractivity contribution is 9.09. The van der Waals surface area contributed by atoms with E-state index < -0.39 is 0 Å². The lowest BCUT2D eigenvalue weighted by Crippen LogP contribution is -2.18. The van der Waals surface area contributed by atoms with Gasteiger partial charge < -0.3 is 5.32 Å². The summed E-state index contributed by atoms with van der Waals surface area (Å²) in [4.78, 5) is 12.4. The van der Waals surface area contributed by atoms with Gasteiger partial charge in [0.1, 0.15) is 0 Å². The van der Waals surface area contributed by atoms with E-state index in [1.807, 2.05) is 0 Å². The van der Waals surface area contributed by atoms with Crippen molar-refractivity contribution in [2.45, 2.75) is 78.1 Å². The van der Waals surface area contributed by atoms with Gasteiger partial charge in [0.25, 0.3) is 0 Å². The van der Waals surface area contributed by atoms with Gasteiger partial charge in [0.2, 0.25) is 5.91 Å². The Morgan fingerprint density at radius 1 is 0.962 bits per heavy atom. The van der Waals surface area contributed by atoms with Gasteiger partial charge in [-0.05, 0) is 41.6 Å². The van der Waals surface area contributed by atoms with E-state index in [-0.39, 0.29) is 5.91 Å². The molecule has 0 atom stereocenters. The van der Waals surface area contributed by atoms with E-state index in [1.165, 1.54) is 49.7 Å². The Morgan fingerprint density at radius 3 is 2.04 bits per heavy atom. The summed E-state index contributed by atoms with van der Waals surface area (Å²) >= 11 is 5.23. The summed E-state index contributed by atoms with van der Waals surface area (Å²) < 4.78 is 0. The van der Waals surface area contributed by atoms with Crippen molar-refractivity contribution in [3.63, 3.8) is 0 Å². The van der Waals surface area contributed by atoms with Gasteiger partial charge in [-0.25, -0.2) is 0 Å². The Kier molecular flexibility index (Phi) is 12.4. The number of rotatable bonds is 13. The molecule has 0 aliphatic carbocycles. The van der Waals surface area contributed by atoms with Crippen molar-refractivity contribution in [1.29, 1.82) is 0 Å². The molecule has 1 rings (SSSR count). The van der Waals surface area contributed by atoms with Gasteiger partial charge in [0.05, 0.1) is 5.75 Å². The molecule has 1 amide bonds.